The van der Waals surface area contributed by atoms with Gasteiger partial charge in [0, 0.05) is 13.7 Å². The summed E-state index contributed by atoms with van der Waals surface area (Å²) in [4.78, 5) is 0. The molecule has 3 aliphatic rings. The second-order valence-corrected chi connectivity index (χ2v) is 9.94. The first kappa shape index (κ1) is 29.1. The molecule has 0 aromatic heterocycles. The molecule has 11 heteroatoms. The Morgan fingerprint density at radius 1 is 0.714 bits per heavy atom. The van der Waals surface area contributed by atoms with Gasteiger partial charge < -0.3 is 54.3 Å². The van der Waals surface area contributed by atoms with E-state index in [2.05, 4.69) is 0 Å². The van der Waals surface area contributed by atoms with Crippen LogP contribution in [0.25, 0.3) is 0 Å². The SMILES string of the molecule is COC1C(O)[C@@H](O[C@@H]2C(CO)O[C@@H](OCCCCCC3CCCCC3)C(O)C2O)OC(CO)[C@H]1O. The third-order valence-corrected chi connectivity index (χ3v) is 7.47. The lowest BCUT2D eigenvalue weighted by Gasteiger charge is -2.46. The van der Waals surface area contributed by atoms with Gasteiger partial charge in [0.15, 0.2) is 12.6 Å². The summed E-state index contributed by atoms with van der Waals surface area (Å²) in [5, 5.41) is 61.2. The first-order chi connectivity index (χ1) is 16.9. The molecule has 0 bridgehead atoms. The molecule has 206 valence electrons. The lowest BCUT2D eigenvalue weighted by Crippen LogP contribution is -2.65. The Morgan fingerprint density at radius 2 is 1.40 bits per heavy atom. The molecule has 2 saturated heterocycles. The summed E-state index contributed by atoms with van der Waals surface area (Å²) in [5.41, 5.74) is 0. The number of unbranched alkanes of at least 4 members (excludes halogenated alkanes) is 2. The van der Waals surface area contributed by atoms with Crippen molar-refractivity contribution in [1.29, 1.82) is 0 Å². The van der Waals surface area contributed by atoms with Crippen molar-refractivity contribution in [3.63, 3.8) is 0 Å². The number of methoxy groups -OCH3 is 1. The Bertz CT molecular complexity index is 588. The summed E-state index contributed by atoms with van der Waals surface area (Å²) < 4.78 is 27.5. The van der Waals surface area contributed by atoms with Crippen LogP contribution in [0.1, 0.15) is 57.8 Å². The molecule has 2 heterocycles. The number of hydrogen-bond acceptors (Lipinski definition) is 11. The second kappa shape index (κ2) is 14.5. The number of aliphatic hydroxyl groups excluding tert-OH is 6. The molecule has 0 aromatic carbocycles. The minimum absolute atomic E-state index is 0.346. The lowest BCUT2D eigenvalue weighted by atomic mass is 9.86. The smallest absolute Gasteiger partial charge is 0.187 e. The molecule has 1 saturated carbocycles. The van der Waals surface area contributed by atoms with E-state index in [9.17, 15) is 30.6 Å². The number of ether oxygens (including phenoxy) is 5. The molecule has 3 fully saturated rings. The van der Waals surface area contributed by atoms with Crippen LogP contribution in [0.2, 0.25) is 0 Å². The van der Waals surface area contributed by atoms with Crippen LogP contribution in [0.4, 0.5) is 0 Å². The molecular weight excluding hydrogens is 464 g/mol. The molecule has 3 rings (SSSR count). The first-order valence-electron chi connectivity index (χ1n) is 13.0. The average molecular weight is 509 g/mol. The zero-order valence-electron chi connectivity index (χ0n) is 20.6. The van der Waals surface area contributed by atoms with Gasteiger partial charge in [-0.05, 0) is 12.3 Å². The van der Waals surface area contributed by atoms with E-state index in [1.165, 1.54) is 45.6 Å². The predicted octanol–water partition coefficient (Wildman–Crippen LogP) is -0.578. The van der Waals surface area contributed by atoms with Crippen molar-refractivity contribution in [2.45, 2.75) is 119 Å². The van der Waals surface area contributed by atoms with Gasteiger partial charge in [0.2, 0.25) is 0 Å². The molecule has 1 aliphatic carbocycles. The largest absolute Gasteiger partial charge is 0.394 e. The van der Waals surface area contributed by atoms with Crippen LogP contribution in [-0.4, -0.2) is 119 Å². The van der Waals surface area contributed by atoms with Crippen LogP contribution in [0.5, 0.6) is 0 Å². The summed E-state index contributed by atoms with van der Waals surface area (Å²) in [6, 6.07) is 0. The maximum Gasteiger partial charge on any atom is 0.187 e. The van der Waals surface area contributed by atoms with Gasteiger partial charge in [0.05, 0.1) is 13.2 Å². The molecule has 10 atom stereocenters. The Kier molecular flexibility index (Phi) is 12.1. The van der Waals surface area contributed by atoms with Crippen molar-refractivity contribution >= 4 is 0 Å². The first-order valence-corrected chi connectivity index (χ1v) is 13.0. The quantitative estimate of drug-likeness (QED) is 0.187. The third kappa shape index (κ3) is 7.55. The minimum atomic E-state index is -1.51. The molecule has 0 aromatic rings. The second-order valence-electron chi connectivity index (χ2n) is 9.94. The maximum atomic E-state index is 10.7. The van der Waals surface area contributed by atoms with Gasteiger partial charge in [0.1, 0.15) is 48.8 Å². The number of rotatable bonds is 12. The van der Waals surface area contributed by atoms with Gasteiger partial charge >= 0.3 is 0 Å². The topological polar surface area (TPSA) is 168 Å². The van der Waals surface area contributed by atoms with Crippen LogP contribution in [0.3, 0.4) is 0 Å². The van der Waals surface area contributed by atoms with Gasteiger partial charge in [-0.3, -0.25) is 0 Å². The summed E-state index contributed by atoms with van der Waals surface area (Å²) >= 11 is 0. The summed E-state index contributed by atoms with van der Waals surface area (Å²) in [7, 11) is 1.28. The molecule has 6 N–H and O–H groups in total. The van der Waals surface area contributed by atoms with Gasteiger partial charge in [-0.15, -0.1) is 0 Å². The standard InChI is InChI=1S/C24H44O11/c1-31-22-17(27)15(12-25)33-24(20(22)30)35-21-16(13-26)34-23(19(29)18(21)28)32-11-7-3-6-10-14-8-4-2-5-9-14/h14-30H,2-13H2,1H3/t15?,16?,17-,18?,19?,20?,21-,22?,23-,24-/m1/s1. The Labute approximate surface area is 206 Å². The van der Waals surface area contributed by atoms with Crippen molar-refractivity contribution < 1.29 is 54.3 Å². The van der Waals surface area contributed by atoms with Crippen molar-refractivity contribution in [3.05, 3.63) is 0 Å². The highest BCUT2D eigenvalue weighted by molar-refractivity contribution is 4.94. The van der Waals surface area contributed by atoms with E-state index in [0.29, 0.717) is 6.61 Å². The number of aliphatic hydroxyl groups is 6. The predicted molar refractivity (Wildman–Crippen MR) is 122 cm³/mol. The van der Waals surface area contributed by atoms with Crippen molar-refractivity contribution in [2.75, 3.05) is 26.9 Å². The van der Waals surface area contributed by atoms with Crippen molar-refractivity contribution in [3.8, 4) is 0 Å². The Balaban J connectivity index is 1.47. The van der Waals surface area contributed by atoms with E-state index < -0.39 is 74.6 Å². The van der Waals surface area contributed by atoms with Crippen LogP contribution in [-0.2, 0) is 23.7 Å². The lowest BCUT2D eigenvalue weighted by molar-refractivity contribution is -0.360. The van der Waals surface area contributed by atoms with E-state index in [4.69, 9.17) is 23.7 Å². The van der Waals surface area contributed by atoms with Crippen LogP contribution in [0.15, 0.2) is 0 Å². The molecular formula is C24H44O11. The van der Waals surface area contributed by atoms with E-state index in [0.717, 1.165) is 25.2 Å². The molecule has 6 unspecified atom stereocenters. The fourth-order valence-corrected chi connectivity index (χ4v) is 5.34. The zero-order chi connectivity index (χ0) is 25.4. The maximum absolute atomic E-state index is 10.7. The molecule has 35 heavy (non-hydrogen) atoms. The van der Waals surface area contributed by atoms with Gasteiger partial charge in [-0.1, -0.05) is 51.4 Å². The highest BCUT2D eigenvalue weighted by Crippen LogP contribution is 2.31. The van der Waals surface area contributed by atoms with Crippen molar-refractivity contribution in [1.82, 2.24) is 0 Å². The summed E-state index contributed by atoms with van der Waals surface area (Å²) in [6.07, 6.45) is -1.94. The van der Waals surface area contributed by atoms with E-state index in [1.54, 1.807) is 0 Å². The molecule has 11 nitrogen and oxygen atoms in total. The molecule has 0 amide bonds. The van der Waals surface area contributed by atoms with Gasteiger partial charge in [-0.2, -0.15) is 0 Å². The van der Waals surface area contributed by atoms with Crippen LogP contribution in [0, 0.1) is 5.92 Å². The normalized spacial score (nSPS) is 41.2. The monoisotopic (exact) mass is 508 g/mol. The van der Waals surface area contributed by atoms with E-state index in [-0.39, 0.29) is 0 Å². The zero-order valence-corrected chi connectivity index (χ0v) is 20.6. The number of hydrogen-bond donors (Lipinski definition) is 6. The van der Waals surface area contributed by atoms with Crippen LogP contribution >= 0.6 is 0 Å². The Morgan fingerprint density at radius 3 is 2.06 bits per heavy atom. The van der Waals surface area contributed by atoms with E-state index in [1.807, 2.05) is 0 Å². The van der Waals surface area contributed by atoms with Crippen molar-refractivity contribution in [2.24, 2.45) is 5.92 Å². The molecule has 0 radical (unpaired) electrons. The van der Waals surface area contributed by atoms with E-state index >= 15 is 0 Å². The highest BCUT2D eigenvalue weighted by Gasteiger charge is 2.51. The summed E-state index contributed by atoms with van der Waals surface area (Å²) in [5.74, 6) is 0.840. The highest BCUT2D eigenvalue weighted by atomic mass is 16.7. The fourth-order valence-electron chi connectivity index (χ4n) is 5.34. The minimum Gasteiger partial charge on any atom is -0.394 e. The third-order valence-electron chi connectivity index (χ3n) is 7.47. The molecule has 2 aliphatic heterocycles. The fraction of sp³-hybridized carbons (Fsp3) is 1.00. The Hall–Kier alpha value is -0.440. The average Bonchev–Trinajstić information content (AvgIpc) is 2.87. The van der Waals surface area contributed by atoms with Gasteiger partial charge in [0.25, 0.3) is 0 Å². The van der Waals surface area contributed by atoms with Crippen LogP contribution < -0.4 is 0 Å². The summed E-state index contributed by atoms with van der Waals surface area (Å²) in [6.45, 7) is -0.753. The molecule has 0 spiro atoms. The van der Waals surface area contributed by atoms with Gasteiger partial charge in [-0.25, -0.2) is 0 Å².